The van der Waals surface area contributed by atoms with Crippen LogP contribution in [0.4, 0.5) is 18.9 Å². The summed E-state index contributed by atoms with van der Waals surface area (Å²) in [4.78, 5) is 11.2. The van der Waals surface area contributed by atoms with E-state index in [1.165, 1.54) is 30.0 Å². The third-order valence-electron chi connectivity index (χ3n) is 6.33. The molecule has 0 atom stereocenters. The minimum atomic E-state index is -4.76. The average Bonchev–Trinajstić information content (AvgIpc) is 3.51. The Kier molecular flexibility index (Phi) is 6.83. The summed E-state index contributed by atoms with van der Waals surface area (Å²) in [5.41, 5.74) is 2.76. The van der Waals surface area contributed by atoms with Crippen molar-refractivity contribution in [1.29, 1.82) is 0 Å². The summed E-state index contributed by atoms with van der Waals surface area (Å²) in [6, 6.07) is 14.2. The number of alkyl halides is 3. The largest absolute Gasteiger partial charge is 0.573 e. The average molecular weight is 514 g/mol. The smallest absolute Gasteiger partial charge is 0.406 e. The van der Waals surface area contributed by atoms with Crippen molar-refractivity contribution in [3.63, 3.8) is 0 Å². The molecule has 194 valence electrons. The van der Waals surface area contributed by atoms with Gasteiger partial charge in [-0.1, -0.05) is 17.3 Å². The van der Waals surface area contributed by atoms with Crippen LogP contribution in [-0.4, -0.2) is 57.4 Å². The maximum atomic E-state index is 12.4. The van der Waals surface area contributed by atoms with Crippen molar-refractivity contribution in [2.75, 3.05) is 25.0 Å². The van der Waals surface area contributed by atoms with E-state index in [0.717, 1.165) is 31.5 Å². The molecule has 0 radical (unpaired) electrons. The topological polar surface area (TPSA) is 94.1 Å². The number of aromatic nitrogens is 5. The second-order valence-electron chi connectivity index (χ2n) is 8.86. The van der Waals surface area contributed by atoms with Gasteiger partial charge in [-0.25, -0.2) is 9.67 Å². The Labute approximate surface area is 211 Å². The molecule has 0 amide bonds. The van der Waals surface area contributed by atoms with E-state index in [9.17, 15) is 13.2 Å². The summed E-state index contributed by atoms with van der Waals surface area (Å²) in [7, 11) is 2.01. The lowest BCUT2D eigenvalue weighted by atomic mass is 10.0. The van der Waals surface area contributed by atoms with Crippen LogP contribution >= 0.6 is 0 Å². The summed E-state index contributed by atoms with van der Waals surface area (Å²) < 4.78 is 48.1. The highest BCUT2D eigenvalue weighted by molar-refractivity contribution is 5.58. The van der Waals surface area contributed by atoms with Crippen molar-refractivity contribution >= 4 is 5.69 Å². The van der Waals surface area contributed by atoms with Gasteiger partial charge >= 0.3 is 6.36 Å². The molecule has 2 aromatic heterocycles. The zero-order valence-corrected chi connectivity index (χ0v) is 20.4. The highest BCUT2D eigenvalue weighted by Gasteiger charge is 2.31. The predicted octanol–water partition coefficient (Wildman–Crippen LogP) is 4.44. The normalized spacial score (nSPS) is 14.8. The SMILES string of the molecule is CNC1CCN(c2cccc(Cn3nc(-c4nc(-c5ccc(OC(F)(F)F)cc5)no4)nc3C)c2)CC1. The molecule has 12 heteroatoms. The van der Waals surface area contributed by atoms with Crippen LogP contribution in [0, 0.1) is 6.92 Å². The van der Waals surface area contributed by atoms with E-state index in [0.29, 0.717) is 24.0 Å². The minimum absolute atomic E-state index is 0.119. The Morgan fingerprint density at radius 3 is 2.51 bits per heavy atom. The molecule has 0 bridgehead atoms. The number of anilines is 1. The molecule has 0 aliphatic carbocycles. The number of hydrogen-bond donors (Lipinski definition) is 1. The predicted molar refractivity (Wildman–Crippen MR) is 130 cm³/mol. The first-order valence-electron chi connectivity index (χ1n) is 11.9. The number of aryl methyl sites for hydroxylation is 1. The Morgan fingerprint density at radius 1 is 1.05 bits per heavy atom. The maximum Gasteiger partial charge on any atom is 0.573 e. The summed E-state index contributed by atoms with van der Waals surface area (Å²) in [6.07, 6.45) is -2.53. The van der Waals surface area contributed by atoms with Crippen LogP contribution in [0.15, 0.2) is 53.1 Å². The minimum Gasteiger partial charge on any atom is -0.406 e. The maximum absolute atomic E-state index is 12.4. The number of hydrogen-bond acceptors (Lipinski definition) is 8. The van der Waals surface area contributed by atoms with Crippen molar-refractivity contribution in [2.45, 2.75) is 38.7 Å². The second kappa shape index (κ2) is 10.2. The number of benzene rings is 2. The van der Waals surface area contributed by atoms with Crippen LogP contribution in [0.1, 0.15) is 24.2 Å². The molecule has 1 saturated heterocycles. The number of piperidine rings is 1. The van der Waals surface area contributed by atoms with E-state index in [4.69, 9.17) is 4.52 Å². The van der Waals surface area contributed by atoms with Crippen LogP contribution in [-0.2, 0) is 6.54 Å². The van der Waals surface area contributed by atoms with E-state index >= 15 is 0 Å². The lowest BCUT2D eigenvalue weighted by Crippen LogP contribution is -2.41. The first-order valence-corrected chi connectivity index (χ1v) is 11.9. The lowest BCUT2D eigenvalue weighted by Gasteiger charge is -2.33. The fraction of sp³-hybridized carbons (Fsp3) is 0.360. The first-order chi connectivity index (χ1) is 17.8. The monoisotopic (exact) mass is 513 g/mol. The van der Waals surface area contributed by atoms with Gasteiger partial charge in [-0.05, 0) is 68.8 Å². The van der Waals surface area contributed by atoms with Gasteiger partial charge in [-0.3, -0.25) is 0 Å². The van der Waals surface area contributed by atoms with Gasteiger partial charge in [-0.2, -0.15) is 4.98 Å². The molecule has 5 rings (SSSR count). The third-order valence-corrected chi connectivity index (χ3v) is 6.33. The molecule has 1 aliphatic heterocycles. The van der Waals surface area contributed by atoms with Gasteiger partial charge in [-0.15, -0.1) is 18.3 Å². The Hall–Kier alpha value is -3.93. The molecule has 0 spiro atoms. The van der Waals surface area contributed by atoms with E-state index in [1.54, 1.807) is 4.68 Å². The van der Waals surface area contributed by atoms with Crippen LogP contribution in [0.3, 0.4) is 0 Å². The van der Waals surface area contributed by atoms with Crippen LogP contribution in [0.5, 0.6) is 5.75 Å². The van der Waals surface area contributed by atoms with Crippen LogP contribution in [0.2, 0.25) is 0 Å². The van der Waals surface area contributed by atoms with E-state index in [-0.39, 0.29) is 23.3 Å². The zero-order valence-electron chi connectivity index (χ0n) is 20.4. The number of nitrogens with one attached hydrogen (secondary N) is 1. The van der Waals surface area contributed by atoms with E-state index in [2.05, 4.69) is 59.4 Å². The molecule has 0 unspecified atom stereocenters. The Morgan fingerprint density at radius 2 is 1.81 bits per heavy atom. The quantitative estimate of drug-likeness (QED) is 0.388. The molecule has 1 aliphatic rings. The van der Waals surface area contributed by atoms with Gasteiger partial charge in [0.2, 0.25) is 11.6 Å². The van der Waals surface area contributed by atoms with E-state index < -0.39 is 6.36 Å². The van der Waals surface area contributed by atoms with Gasteiger partial charge in [0.1, 0.15) is 11.6 Å². The van der Waals surface area contributed by atoms with Crippen LogP contribution in [0.25, 0.3) is 23.1 Å². The van der Waals surface area contributed by atoms with Gasteiger partial charge in [0.25, 0.3) is 5.89 Å². The molecule has 4 aromatic rings. The number of nitrogens with zero attached hydrogens (tertiary/aromatic N) is 6. The summed E-state index contributed by atoms with van der Waals surface area (Å²) in [5.74, 6) is 0.954. The fourth-order valence-corrected chi connectivity index (χ4v) is 4.35. The van der Waals surface area contributed by atoms with Gasteiger partial charge in [0.15, 0.2) is 0 Å². The van der Waals surface area contributed by atoms with Crippen molar-refractivity contribution < 1.29 is 22.4 Å². The fourth-order valence-electron chi connectivity index (χ4n) is 4.35. The van der Waals surface area contributed by atoms with Crippen molar-refractivity contribution in [3.8, 4) is 28.9 Å². The standard InChI is InChI=1S/C25H26F3N7O2/c1-16-30-23(24-31-22(33-37-24)18-6-8-21(9-7-18)36-25(26,27)28)32-35(16)15-17-4-3-5-20(14-17)34-12-10-19(29-2)11-13-34/h3-9,14,19,29H,10-13,15H2,1-2H3. The van der Waals surface area contributed by atoms with Crippen molar-refractivity contribution in [2.24, 2.45) is 0 Å². The second-order valence-corrected chi connectivity index (χ2v) is 8.86. The third kappa shape index (κ3) is 5.91. The lowest BCUT2D eigenvalue weighted by molar-refractivity contribution is -0.274. The molecule has 9 nitrogen and oxygen atoms in total. The summed E-state index contributed by atoms with van der Waals surface area (Å²) in [6.45, 7) is 4.40. The number of ether oxygens (including phenoxy) is 1. The summed E-state index contributed by atoms with van der Waals surface area (Å²) in [5, 5.41) is 11.8. The highest BCUT2D eigenvalue weighted by atomic mass is 19.4. The number of rotatable bonds is 7. The van der Waals surface area contributed by atoms with E-state index in [1.807, 2.05) is 14.0 Å². The molecular formula is C25H26F3N7O2. The molecule has 2 aromatic carbocycles. The molecule has 3 heterocycles. The molecular weight excluding hydrogens is 487 g/mol. The Bertz CT molecular complexity index is 1340. The van der Waals surface area contributed by atoms with Crippen molar-refractivity contribution in [1.82, 2.24) is 30.2 Å². The van der Waals surface area contributed by atoms with Gasteiger partial charge < -0.3 is 19.5 Å². The molecule has 1 N–H and O–H groups in total. The van der Waals surface area contributed by atoms with Gasteiger partial charge in [0.05, 0.1) is 6.54 Å². The zero-order chi connectivity index (χ0) is 26.0. The molecule has 1 fully saturated rings. The van der Waals surface area contributed by atoms with Crippen molar-refractivity contribution in [3.05, 3.63) is 59.9 Å². The highest BCUT2D eigenvalue weighted by Crippen LogP contribution is 2.27. The number of halogens is 3. The Balaban J connectivity index is 1.28. The first kappa shape index (κ1) is 24.8. The van der Waals surface area contributed by atoms with Crippen LogP contribution < -0.4 is 15.0 Å². The molecule has 37 heavy (non-hydrogen) atoms. The van der Waals surface area contributed by atoms with Gasteiger partial charge in [0, 0.05) is 30.4 Å². The summed E-state index contributed by atoms with van der Waals surface area (Å²) >= 11 is 0. The molecule has 0 saturated carbocycles.